The number of aliphatic hydroxyl groups excluding tert-OH is 1. The fourth-order valence-corrected chi connectivity index (χ4v) is 7.40. The number of anilines is 1. The molecule has 0 bridgehead atoms. The maximum Gasteiger partial charge on any atom is 0.411 e. The van der Waals surface area contributed by atoms with E-state index >= 15 is 0 Å². The van der Waals surface area contributed by atoms with Crippen LogP contribution in [-0.4, -0.2) is 82.4 Å². The minimum Gasteiger partial charge on any atom is -0.506 e. The molecule has 5 aromatic rings. The molecule has 2 aliphatic heterocycles. The van der Waals surface area contributed by atoms with Crippen LogP contribution in [0.2, 0.25) is 0 Å². The first kappa shape index (κ1) is 35.9. The lowest BCUT2D eigenvalue weighted by Crippen LogP contribution is -2.43. The molecule has 2 amide bonds. The van der Waals surface area contributed by atoms with E-state index in [1.54, 1.807) is 12.1 Å². The standard InChI is InChI=1S/C42H45N5O6/c48-37-16-14-34(35-15-17-39(50)45-40(35)37)38(49)27-43-26-28-12-13-33-30(25-28)9-6-20-47(41(33)51)24-23-46-21-18-31(19-22-46)53-42(52)44-36-11-5-4-10-32(36)29-7-2-1-3-8-29/h1-5,7-8,10-17,25,31,38,43,48-49H,6,9,18-24,26-27H2,(H,44,52)(H,45,50)/t38-/m0/s1. The molecule has 1 fully saturated rings. The van der Waals surface area contributed by atoms with Gasteiger partial charge in [0.25, 0.3) is 5.91 Å². The number of aromatic hydroxyl groups is 1. The molecule has 5 N–H and O–H groups in total. The Kier molecular flexibility index (Phi) is 11.1. The number of amides is 2. The molecule has 11 nitrogen and oxygen atoms in total. The molecule has 11 heteroatoms. The summed E-state index contributed by atoms with van der Waals surface area (Å²) in [5, 5.41) is 27.9. The highest BCUT2D eigenvalue weighted by Gasteiger charge is 2.26. The molecule has 274 valence electrons. The van der Waals surface area contributed by atoms with Crippen LogP contribution in [0.25, 0.3) is 22.0 Å². The predicted octanol–water partition coefficient (Wildman–Crippen LogP) is 5.83. The number of benzene rings is 4. The molecular weight excluding hydrogens is 670 g/mol. The van der Waals surface area contributed by atoms with Gasteiger partial charge in [-0.15, -0.1) is 0 Å². The second kappa shape index (κ2) is 16.5. The number of fused-ring (bicyclic) bond motifs is 2. The summed E-state index contributed by atoms with van der Waals surface area (Å²) in [4.78, 5) is 45.1. The van der Waals surface area contributed by atoms with E-state index in [1.165, 1.54) is 12.1 Å². The first-order chi connectivity index (χ1) is 25.8. The van der Waals surface area contributed by atoms with Gasteiger partial charge in [0.05, 0.1) is 17.3 Å². The molecule has 0 radical (unpaired) electrons. The number of nitrogens with zero attached hydrogens (tertiary/aromatic N) is 2. The lowest BCUT2D eigenvalue weighted by molar-refractivity contribution is 0.0524. The van der Waals surface area contributed by atoms with E-state index in [-0.39, 0.29) is 29.9 Å². The SMILES string of the molecule is O=C(Nc1ccccc1-c1ccccc1)OC1CCN(CCN2CCCc3cc(CNC[C@H](O)c4ccc(O)c5[nH]c(=O)ccc45)ccc3C2=O)CC1. The Bertz CT molecular complexity index is 2130. The number of rotatable bonds is 11. The summed E-state index contributed by atoms with van der Waals surface area (Å²) in [6.07, 6.45) is 1.71. The second-order valence-corrected chi connectivity index (χ2v) is 13.8. The molecule has 7 rings (SSSR count). The number of aryl methyl sites for hydroxylation is 1. The van der Waals surface area contributed by atoms with Gasteiger partial charge in [0, 0.05) is 68.4 Å². The van der Waals surface area contributed by atoms with Crippen LogP contribution < -0.4 is 16.2 Å². The number of piperidine rings is 1. The van der Waals surface area contributed by atoms with E-state index in [4.69, 9.17) is 4.74 Å². The highest BCUT2D eigenvalue weighted by Crippen LogP contribution is 2.30. The van der Waals surface area contributed by atoms with Gasteiger partial charge < -0.3 is 35.1 Å². The molecule has 1 aromatic heterocycles. The van der Waals surface area contributed by atoms with Crippen LogP contribution in [0.15, 0.2) is 102 Å². The number of hydrogen-bond acceptors (Lipinski definition) is 8. The lowest BCUT2D eigenvalue weighted by atomic mass is 10.00. The number of para-hydroxylation sites is 1. The summed E-state index contributed by atoms with van der Waals surface area (Å²) in [5.74, 6) is 0.00505. The smallest absolute Gasteiger partial charge is 0.411 e. The Morgan fingerprint density at radius 3 is 2.51 bits per heavy atom. The quantitative estimate of drug-likeness (QED) is 0.115. The van der Waals surface area contributed by atoms with Crippen molar-refractivity contribution in [1.82, 2.24) is 20.1 Å². The van der Waals surface area contributed by atoms with Crippen molar-refractivity contribution in [2.24, 2.45) is 0 Å². The summed E-state index contributed by atoms with van der Waals surface area (Å²) in [6, 6.07) is 29.7. The van der Waals surface area contributed by atoms with E-state index in [0.29, 0.717) is 36.1 Å². The molecule has 0 saturated carbocycles. The maximum atomic E-state index is 13.6. The Hall–Kier alpha value is -5.49. The zero-order valence-corrected chi connectivity index (χ0v) is 29.6. The number of pyridine rings is 1. The fourth-order valence-electron chi connectivity index (χ4n) is 7.40. The topological polar surface area (TPSA) is 147 Å². The summed E-state index contributed by atoms with van der Waals surface area (Å²) in [7, 11) is 0. The number of phenols is 1. The number of likely N-dealkylation sites (tertiary alicyclic amines) is 1. The van der Waals surface area contributed by atoms with Crippen LogP contribution in [0.4, 0.5) is 10.5 Å². The molecule has 1 saturated heterocycles. The van der Waals surface area contributed by atoms with E-state index in [9.17, 15) is 24.6 Å². The number of hydrogen-bond donors (Lipinski definition) is 5. The van der Waals surface area contributed by atoms with Gasteiger partial charge >= 0.3 is 6.09 Å². The van der Waals surface area contributed by atoms with Crippen LogP contribution in [0.1, 0.15) is 52.4 Å². The molecule has 4 aromatic carbocycles. The third-order valence-corrected chi connectivity index (χ3v) is 10.2. The van der Waals surface area contributed by atoms with Gasteiger partial charge in [0.2, 0.25) is 5.56 Å². The number of aliphatic hydroxyl groups is 1. The first-order valence-corrected chi connectivity index (χ1v) is 18.3. The number of H-pyrrole nitrogens is 1. The van der Waals surface area contributed by atoms with Crippen LogP contribution in [0.3, 0.4) is 0 Å². The van der Waals surface area contributed by atoms with E-state index in [0.717, 1.165) is 78.8 Å². The number of carbonyl (C=O) groups excluding carboxylic acids is 2. The number of carbonyl (C=O) groups is 2. The maximum absolute atomic E-state index is 13.6. The number of nitrogens with one attached hydrogen (secondary N) is 3. The van der Waals surface area contributed by atoms with Crippen LogP contribution >= 0.6 is 0 Å². The van der Waals surface area contributed by atoms with E-state index in [2.05, 4.69) is 26.6 Å². The fraction of sp³-hybridized carbons (Fsp3) is 0.310. The van der Waals surface area contributed by atoms with E-state index < -0.39 is 12.2 Å². The number of aromatic nitrogens is 1. The van der Waals surface area contributed by atoms with Crippen molar-refractivity contribution < 1.29 is 24.5 Å². The number of ether oxygens (including phenoxy) is 1. The van der Waals surface area contributed by atoms with Crippen LogP contribution in [0.5, 0.6) is 5.75 Å². The molecule has 2 aliphatic rings. The highest BCUT2D eigenvalue weighted by atomic mass is 16.6. The Morgan fingerprint density at radius 2 is 1.68 bits per heavy atom. The van der Waals surface area contributed by atoms with Crippen molar-refractivity contribution in [3.8, 4) is 16.9 Å². The molecule has 1 atom stereocenters. The molecule has 0 spiro atoms. The van der Waals surface area contributed by atoms with Crippen molar-refractivity contribution in [3.05, 3.63) is 130 Å². The zero-order valence-electron chi connectivity index (χ0n) is 29.6. The van der Waals surface area contributed by atoms with Crippen LogP contribution in [-0.2, 0) is 17.7 Å². The van der Waals surface area contributed by atoms with Crippen LogP contribution in [0, 0.1) is 0 Å². The van der Waals surface area contributed by atoms with E-state index in [1.807, 2.05) is 71.6 Å². The number of phenolic OH excluding ortho intramolecular Hbond substituents is 1. The van der Waals surface area contributed by atoms with Gasteiger partial charge in [-0.3, -0.25) is 14.9 Å². The molecule has 53 heavy (non-hydrogen) atoms. The zero-order chi connectivity index (χ0) is 36.7. The molecule has 0 unspecified atom stereocenters. The van der Waals surface area contributed by atoms with Gasteiger partial charge in [-0.1, -0.05) is 66.7 Å². The summed E-state index contributed by atoms with van der Waals surface area (Å²) >= 11 is 0. The number of aromatic amines is 1. The highest BCUT2D eigenvalue weighted by molar-refractivity contribution is 5.96. The van der Waals surface area contributed by atoms with Gasteiger partial charge in [-0.2, -0.15) is 0 Å². The van der Waals surface area contributed by atoms with Gasteiger partial charge in [-0.25, -0.2) is 4.79 Å². The summed E-state index contributed by atoms with van der Waals surface area (Å²) in [6.45, 7) is 4.47. The van der Waals surface area contributed by atoms with Gasteiger partial charge in [-0.05, 0) is 72.2 Å². The first-order valence-electron chi connectivity index (χ1n) is 18.3. The monoisotopic (exact) mass is 715 g/mol. The second-order valence-electron chi connectivity index (χ2n) is 13.8. The molecule has 3 heterocycles. The van der Waals surface area contributed by atoms with Gasteiger partial charge in [0.1, 0.15) is 11.9 Å². The largest absolute Gasteiger partial charge is 0.506 e. The average Bonchev–Trinajstić information content (AvgIpc) is 3.32. The third kappa shape index (κ3) is 8.60. The average molecular weight is 716 g/mol. The molecular formula is C42H45N5O6. The normalized spacial score (nSPS) is 15.9. The molecule has 0 aliphatic carbocycles. The Balaban J connectivity index is 0.864. The van der Waals surface area contributed by atoms with Crippen molar-refractivity contribution >= 4 is 28.6 Å². The summed E-state index contributed by atoms with van der Waals surface area (Å²) < 4.78 is 5.81. The van der Waals surface area contributed by atoms with Gasteiger partial charge in [0.15, 0.2) is 0 Å². The van der Waals surface area contributed by atoms with Crippen molar-refractivity contribution in [2.45, 2.75) is 44.4 Å². The summed E-state index contributed by atoms with van der Waals surface area (Å²) in [5.41, 5.74) is 6.07. The minimum absolute atomic E-state index is 0.0462. The van der Waals surface area contributed by atoms with Crippen molar-refractivity contribution in [1.29, 1.82) is 0 Å². The minimum atomic E-state index is -0.855. The van der Waals surface area contributed by atoms with Crippen molar-refractivity contribution in [2.75, 3.05) is 44.6 Å². The predicted molar refractivity (Wildman–Crippen MR) is 205 cm³/mol. The van der Waals surface area contributed by atoms with Crippen molar-refractivity contribution in [3.63, 3.8) is 0 Å². The Morgan fingerprint density at radius 1 is 0.887 bits per heavy atom. The lowest BCUT2D eigenvalue weighted by Gasteiger charge is -2.33. The third-order valence-electron chi connectivity index (χ3n) is 10.2. The Labute approximate surface area is 308 Å².